The highest BCUT2D eigenvalue weighted by Crippen LogP contribution is 2.29. The van der Waals surface area contributed by atoms with Crippen molar-refractivity contribution in [3.63, 3.8) is 0 Å². The van der Waals surface area contributed by atoms with Gasteiger partial charge in [-0.25, -0.2) is 0 Å². The molecule has 1 aliphatic rings. The predicted molar refractivity (Wildman–Crippen MR) is 87.7 cm³/mol. The molecule has 1 aliphatic carbocycles. The van der Waals surface area contributed by atoms with Crippen LogP contribution in [0.25, 0.3) is 0 Å². The Morgan fingerprint density at radius 3 is 2.30 bits per heavy atom. The first-order valence-corrected chi connectivity index (χ1v) is 8.66. The third kappa shape index (κ3) is 4.57. The third-order valence-electron chi connectivity index (χ3n) is 4.20. The van der Waals surface area contributed by atoms with Crippen molar-refractivity contribution in [1.29, 1.82) is 0 Å². The molecule has 112 valence electrons. The zero-order valence-electron chi connectivity index (χ0n) is 12.4. The zero-order chi connectivity index (χ0) is 14.4. The summed E-state index contributed by atoms with van der Waals surface area (Å²) >= 11 is 3.49. The molecule has 0 saturated heterocycles. The molecule has 20 heavy (non-hydrogen) atoms. The molecule has 1 aromatic rings. The van der Waals surface area contributed by atoms with E-state index < -0.39 is 0 Å². The summed E-state index contributed by atoms with van der Waals surface area (Å²) in [7, 11) is 0. The van der Waals surface area contributed by atoms with Crippen LogP contribution in [0.5, 0.6) is 0 Å². The summed E-state index contributed by atoms with van der Waals surface area (Å²) in [5, 5.41) is 0. The molecule has 0 amide bonds. The van der Waals surface area contributed by atoms with E-state index in [9.17, 15) is 0 Å². The average molecular weight is 340 g/mol. The molecule has 1 saturated carbocycles. The quantitative estimate of drug-likeness (QED) is 0.769. The van der Waals surface area contributed by atoms with E-state index in [0.29, 0.717) is 6.10 Å². The van der Waals surface area contributed by atoms with Gasteiger partial charge in [0, 0.05) is 10.5 Å². The monoisotopic (exact) mass is 339 g/mol. The molecule has 2 atom stereocenters. The molecular formula is C17H26BrNO. The number of rotatable bonds is 5. The Hall–Kier alpha value is -0.380. The van der Waals surface area contributed by atoms with Gasteiger partial charge in [0.2, 0.25) is 0 Å². The largest absolute Gasteiger partial charge is 0.369 e. The van der Waals surface area contributed by atoms with Crippen LogP contribution in [0.15, 0.2) is 28.7 Å². The Morgan fingerprint density at radius 1 is 1.15 bits per heavy atom. The van der Waals surface area contributed by atoms with Crippen LogP contribution in [0.3, 0.4) is 0 Å². The first kappa shape index (κ1) is 16.0. The van der Waals surface area contributed by atoms with Gasteiger partial charge in [-0.05, 0) is 37.0 Å². The van der Waals surface area contributed by atoms with E-state index in [4.69, 9.17) is 10.5 Å². The van der Waals surface area contributed by atoms with Gasteiger partial charge in [-0.1, -0.05) is 60.7 Å². The van der Waals surface area contributed by atoms with Gasteiger partial charge in [-0.15, -0.1) is 0 Å². The van der Waals surface area contributed by atoms with Gasteiger partial charge in [0.25, 0.3) is 0 Å². The zero-order valence-corrected chi connectivity index (χ0v) is 13.9. The molecule has 2 N–H and O–H groups in total. The lowest BCUT2D eigenvalue weighted by Gasteiger charge is -2.28. The van der Waals surface area contributed by atoms with Crippen molar-refractivity contribution >= 4 is 15.9 Å². The Balaban J connectivity index is 2.08. The van der Waals surface area contributed by atoms with Gasteiger partial charge in [0.05, 0.1) is 12.2 Å². The minimum absolute atomic E-state index is 0.0243. The SMILES string of the molecule is CCC(N)C(OC1CCCCCC1)c1ccc(Br)cc1. The number of hydrogen-bond donors (Lipinski definition) is 1. The minimum atomic E-state index is 0.0243. The Labute approximate surface area is 131 Å². The number of benzene rings is 1. The van der Waals surface area contributed by atoms with E-state index in [1.54, 1.807) is 0 Å². The lowest BCUT2D eigenvalue weighted by molar-refractivity contribution is -0.0341. The predicted octanol–water partition coefficient (Wildman–Crippen LogP) is 4.97. The lowest BCUT2D eigenvalue weighted by Crippen LogP contribution is -2.32. The van der Waals surface area contributed by atoms with E-state index >= 15 is 0 Å². The summed E-state index contributed by atoms with van der Waals surface area (Å²) < 4.78 is 7.51. The number of halogens is 1. The van der Waals surface area contributed by atoms with E-state index in [1.165, 1.54) is 44.1 Å². The summed E-state index contributed by atoms with van der Waals surface area (Å²) in [5.41, 5.74) is 7.51. The molecule has 0 heterocycles. The Morgan fingerprint density at radius 2 is 1.75 bits per heavy atom. The highest BCUT2D eigenvalue weighted by molar-refractivity contribution is 9.10. The van der Waals surface area contributed by atoms with Crippen molar-refractivity contribution < 1.29 is 4.74 Å². The van der Waals surface area contributed by atoms with Crippen LogP contribution < -0.4 is 5.73 Å². The standard InChI is InChI=1S/C17H26BrNO/c1-2-16(19)17(13-9-11-14(18)12-10-13)20-15-7-5-3-4-6-8-15/h9-12,15-17H,2-8,19H2,1H3. The summed E-state index contributed by atoms with van der Waals surface area (Å²) in [6.07, 6.45) is 8.99. The van der Waals surface area contributed by atoms with Crippen molar-refractivity contribution in [2.75, 3.05) is 0 Å². The van der Waals surface area contributed by atoms with Gasteiger partial charge in [-0.3, -0.25) is 0 Å². The molecule has 2 unspecified atom stereocenters. The second kappa shape index (κ2) is 8.16. The maximum atomic E-state index is 6.41. The molecule has 1 fully saturated rings. The van der Waals surface area contributed by atoms with Crippen molar-refractivity contribution in [3.05, 3.63) is 34.3 Å². The molecule has 0 spiro atoms. The Kier molecular flexibility index (Phi) is 6.53. The topological polar surface area (TPSA) is 35.2 Å². The number of nitrogens with two attached hydrogens (primary N) is 1. The number of ether oxygens (including phenoxy) is 1. The fraction of sp³-hybridized carbons (Fsp3) is 0.647. The van der Waals surface area contributed by atoms with Gasteiger partial charge in [-0.2, -0.15) is 0 Å². The summed E-state index contributed by atoms with van der Waals surface area (Å²) in [5.74, 6) is 0. The highest BCUT2D eigenvalue weighted by Gasteiger charge is 2.24. The average Bonchev–Trinajstić information content (AvgIpc) is 2.74. The van der Waals surface area contributed by atoms with E-state index in [1.807, 2.05) is 0 Å². The lowest BCUT2D eigenvalue weighted by atomic mass is 10.00. The molecule has 3 heteroatoms. The molecule has 2 rings (SSSR count). The summed E-state index contributed by atoms with van der Waals surface area (Å²) in [6.45, 7) is 2.13. The molecule has 2 nitrogen and oxygen atoms in total. The summed E-state index contributed by atoms with van der Waals surface area (Å²) in [4.78, 5) is 0. The normalized spacial score (nSPS) is 20.4. The smallest absolute Gasteiger partial charge is 0.0979 e. The third-order valence-corrected chi connectivity index (χ3v) is 4.73. The van der Waals surface area contributed by atoms with Crippen LogP contribution in [0.2, 0.25) is 0 Å². The maximum absolute atomic E-state index is 6.41. The molecule has 1 aromatic carbocycles. The highest BCUT2D eigenvalue weighted by atomic mass is 79.9. The van der Waals surface area contributed by atoms with E-state index in [2.05, 4.69) is 47.1 Å². The van der Waals surface area contributed by atoms with Crippen molar-refractivity contribution in [2.24, 2.45) is 5.73 Å². The van der Waals surface area contributed by atoms with Gasteiger partial charge in [0.15, 0.2) is 0 Å². The van der Waals surface area contributed by atoms with Gasteiger partial charge < -0.3 is 10.5 Å². The van der Waals surface area contributed by atoms with Crippen LogP contribution in [-0.4, -0.2) is 12.1 Å². The van der Waals surface area contributed by atoms with E-state index in [0.717, 1.165) is 10.9 Å². The van der Waals surface area contributed by atoms with Crippen molar-refractivity contribution in [1.82, 2.24) is 0 Å². The molecule has 0 aromatic heterocycles. The first-order valence-electron chi connectivity index (χ1n) is 7.87. The van der Waals surface area contributed by atoms with Crippen LogP contribution in [0.1, 0.15) is 63.5 Å². The molecule has 0 bridgehead atoms. The van der Waals surface area contributed by atoms with Crippen LogP contribution in [0, 0.1) is 0 Å². The second-order valence-corrected chi connectivity index (χ2v) is 6.71. The van der Waals surface area contributed by atoms with Crippen molar-refractivity contribution in [3.8, 4) is 0 Å². The van der Waals surface area contributed by atoms with Gasteiger partial charge in [0.1, 0.15) is 0 Å². The fourth-order valence-electron chi connectivity index (χ4n) is 2.88. The molecule has 0 aliphatic heterocycles. The fourth-order valence-corrected chi connectivity index (χ4v) is 3.14. The Bertz CT molecular complexity index is 384. The molecule has 0 radical (unpaired) electrons. The van der Waals surface area contributed by atoms with Crippen LogP contribution >= 0.6 is 15.9 Å². The van der Waals surface area contributed by atoms with Crippen LogP contribution in [-0.2, 0) is 4.74 Å². The summed E-state index contributed by atoms with van der Waals surface area (Å²) in [6, 6.07) is 8.46. The van der Waals surface area contributed by atoms with Gasteiger partial charge >= 0.3 is 0 Å². The van der Waals surface area contributed by atoms with Crippen LogP contribution in [0.4, 0.5) is 0 Å². The first-order chi connectivity index (χ1) is 9.70. The minimum Gasteiger partial charge on any atom is -0.369 e. The second-order valence-electron chi connectivity index (χ2n) is 5.79. The molecular weight excluding hydrogens is 314 g/mol. The van der Waals surface area contributed by atoms with E-state index in [-0.39, 0.29) is 12.1 Å². The number of hydrogen-bond acceptors (Lipinski definition) is 2. The maximum Gasteiger partial charge on any atom is 0.0979 e. The van der Waals surface area contributed by atoms with Crippen molar-refractivity contribution in [2.45, 2.75) is 70.1 Å².